The SMILES string of the molecule is C=CCN1c2c(C(=O)NC)cccc2-c2nc(Nc3ccc(N4CCN(C)CC4)cc3)ncc2S1(=O)=O. The normalized spacial score (nSPS) is 16.5. The minimum absolute atomic E-state index is 0.00242. The number of rotatable bonds is 6. The number of carbonyl (C=O) groups is 1. The monoisotopic (exact) mass is 519 g/mol. The third-order valence-corrected chi connectivity index (χ3v) is 8.39. The van der Waals surface area contributed by atoms with Gasteiger partial charge in [0.05, 0.1) is 29.7 Å². The van der Waals surface area contributed by atoms with Crippen molar-refractivity contribution in [2.45, 2.75) is 4.90 Å². The van der Waals surface area contributed by atoms with E-state index in [9.17, 15) is 13.2 Å². The van der Waals surface area contributed by atoms with E-state index in [2.05, 4.69) is 56.2 Å². The minimum Gasteiger partial charge on any atom is -0.369 e. The van der Waals surface area contributed by atoms with E-state index in [-0.39, 0.29) is 34.3 Å². The zero-order chi connectivity index (χ0) is 26.2. The highest BCUT2D eigenvalue weighted by molar-refractivity contribution is 7.93. The molecule has 192 valence electrons. The van der Waals surface area contributed by atoms with E-state index in [1.165, 1.54) is 23.6 Å². The number of hydrogen-bond acceptors (Lipinski definition) is 8. The topological polar surface area (TPSA) is 111 Å². The van der Waals surface area contributed by atoms with E-state index >= 15 is 0 Å². The highest BCUT2D eigenvalue weighted by Gasteiger charge is 2.38. The third-order valence-electron chi connectivity index (χ3n) is 6.62. The molecule has 0 bridgehead atoms. The standard InChI is InChI=1S/C26H29N7O3S/c1-4-12-33-24-20(6-5-7-21(24)25(34)27-2)23-22(37(33,35)36)17-28-26(30-23)29-18-8-10-19(11-9-18)32-15-13-31(3)14-16-32/h4-11,17H,1,12-16H2,2-3H3,(H,27,34)(H,28,29,30). The lowest BCUT2D eigenvalue weighted by Gasteiger charge is -2.34. The molecule has 1 fully saturated rings. The fourth-order valence-electron chi connectivity index (χ4n) is 4.63. The molecule has 0 aliphatic carbocycles. The molecule has 0 spiro atoms. The van der Waals surface area contributed by atoms with Crippen molar-refractivity contribution in [1.82, 2.24) is 20.2 Å². The van der Waals surface area contributed by atoms with Gasteiger partial charge in [-0.05, 0) is 37.4 Å². The molecule has 0 unspecified atom stereocenters. The van der Waals surface area contributed by atoms with Crippen LogP contribution in [0.25, 0.3) is 11.3 Å². The van der Waals surface area contributed by atoms with Crippen LogP contribution in [0, 0.1) is 0 Å². The first kappa shape index (κ1) is 24.7. The van der Waals surface area contributed by atoms with Crippen molar-refractivity contribution >= 4 is 38.9 Å². The summed E-state index contributed by atoms with van der Waals surface area (Å²) in [5.41, 5.74) is 3.22. The molecule has 2 N–H and O–H groups in total. The van der Waals surface area contributed by atoms with Gasteiger partial charge < -0.3 is 20.4 Å². The Morgan fingerprint density at radius 1 is 1.11 bits per heavy atom. The van der Waals surface area contributed by atoms with E-state index in [0.717, 1.165) is 37.6 Å². The summed E-state index contributed by atoms with van der Waals surface area (Å²) in [7, 11) is -0.382. The van der Waals surface area contributed by atoms with Crippen LogP contribution in [0.4, 0.5) is 23.0 Å². The number of aromatic nitrogens is 2. The van der Waals surface area contributed by atoms with E-state index in [0.29, 0.717) is 5.56 Å². The minimum atomic E-state index is -4.01. The summed E-state index contributed by atoms with van der Waals surface area (Å²) >= 11 is 0. The summed E-state index contributed by atoms with van der Waals surface area (Å²) in [4.78, 5) is 26.1. The molecule has 5 rings (SSSR count). The van der Waals surface area contributed by atoms with Crippen LogP contribution >= 0.6 is 0 Å². The molecule has 2 aliphatic rings. The van der Waals surface area contributed by atoms with Crippen molar-refractivity contribution in [3.63, 3.8) is 0 Å². The highest BCUT2D eigenvalue weighted by Crippen LogP contribution is 2.44. The molecule has 11 heteroatoms. The first-order valence-corrected chi connectivity index (χ1v) is 13.4. The van der Waals surface area contributed by atoms with Crippen LogP contribution in [0.3, 0.4) is 0 Å². The maximum atomic E-state index is 13.5. The van der Waals surface area contributed by atoms with Crippen molar-refractivity contribution in [1.29, 1.82) is 0 Å². The molecular formula is C26H29N7O3S. The van der Waals surface area contributed by atoms with Crippen LogP contribution in [-0.4, -0.2) is 76.0 Å². The summed E-state index contributed by atoms with van der Waals surface area (Å²) < 4.78 is 28.2. The smallest absolute Gasteiger partial charge is 0.268 e. The Morgan fingerprint density at radius 3 is 2.51 bits per heavy atom. The maximum absolute atomic E-state index is 13.5. The van der Waals surface area contributed by atoms with Crippen LogP contribution in [0.5, 0.6) is 0 Å². The number of nitrogens with one attached hydrogen (secondary N) is 2. The molecule has 1 amide bonds. The van der Waals surface area contributed by atoms with Gasteiger partial charge in [0.15, 0.2) is 0 Å². The molecule has 3 heterocycles. The van der Waals surface area contributed by atoms with Gasteiger partial charge in [-0.1, -0.05) is 18.2 Å². The van der Waals surface area contributed by atoms with Gasteiger partial charge >= 0.3 is 0 Å². The highest BCUT2D eigenvalue weighted by atomic mass is 32.2. The van der Waals surface area contributed by atoms with Gasteiger partial charge in [-0.3, -0.25) is 9.10 Å². The Labute approximate surface area is 216 Å². The number of carbonyl (C=O) groups excluding carboxylic acids is 1. The van der Waals surface area contributed by atoms with Crippen molar-refractivity contribution in [2.24, 2.45) is 0 Å². The fraction of sp³-hybridized carbons (Fsp3) is 0.269. The van der Waals surface area contributed by atoms with Crippen molar-refractivity contribution in [3.8, 4) is 11.3 Å². The molecule has 37 heavy (non-hydrogen) atoms. The van der Waals surface area contributed by atoms with Crippen LogP contribution in [0.15, 0.2) is 66.2 Å². The van der Waals surface area contributed by atoms with Crippen LogP contribution in [0.2, 0.25) is 0 Å². The predicted octanol–water partition coefficient (Wildman–Crippen LogP) is 2.69. The molecule has 10 nitrogen and oxygen atoms in total. The summed E-state index contributed by atoms with van der Waals surface area (Å²) in [5, 5.41) is 5.76. The van der Waals surface area contributed by atoms with Gasteiger partial charge in [0.25, 0.3) is 15.9 Å². The Kier molecular flexibility index (Phi) is 6.57. The van der Waals surface area contributed by atoms with Gasteiger partial charge in [0.2, 0.25) is 5.95 Å². The number of para-hydroxylation sites is 1. The van der Waals surface area contributed by atoms with Gasteiger partial charge in [0.1, 0.15) is 4.90 Å². The van der Waals surface area contributed by atoms with Crippen LogP contribution < -0.4 is 19.8 Å². The number of nitrogens with zero attached hydrogens (tertiary/aromatic N) is 5. The molecule has 0 radical (unpaired) electrons. The lowest BCUT2D eigenvalue weighted by molar-refractivity contribution is 0.0964. The largest absolute Gasteiger partial charge is 0.369 e. The molecule has 2 aromatic carbocycles. The van der Waals surface area contributed by atoms with E-state index in [1.54, 1.807) is 18.2 Å². The molecule has 0 saturated carbocycles. The Morgan fingerprint density at radius 2 is 1.84 bits per heavy atom. The molecule has 3 aromatic rings. The summed E-state index contributed by atoms with van der Waals surface area (Å²) in [6, 6.07) is 13.1. The first-order chi connectivity index (χ1) is 17.8. The molecule has 2 aliphatic heterocycles. The molecular weight excluding hydrogens is 490 g/mol. The first-order valence-electron chi connectivity index (χ1n) is 12.0. The predicted molar refractivity (Wildman–Crippen MR) is 145 cm³/mol. The zero-order valence-corrected chi connectivity index (χ0v) is 21.6. The summed E-state index contributed by atoms with van der Waals surface area (Å²) in [5.74, 6) is -0.132. The average Bonchev–Trinajstić information content (AvgIpc) is 2.91. The van der Waals surface area contributed by atoms with Crippen molar-refractivity contribution in [3.05, 3.63) is 66.9 Å². The van der Waals surface area contributed by atoms with E-state index in [4.69, 9.17) is 0 Å². The number of sulfonamides is 1. The summed E-state index contributed by atoms with van der Waals surface area (Å²) in [6.07, 6.45) is 2.79. The van der Waals surface area contributed by atoms with Crippen molar-refractivity contribution in [2.75, 3.05) is 61.3 Å². The van der Waals surface area contributed by atoms with Gasteiger partial charge in [-0.2, -0.15) is 0 Å². The number of likely N-dealkylation sites (N-methyl/N-ethyl adjacent to an activating group) is 1. The third kappa shape index (κ3) is 4.51. The number of benzene rings is 2. The maximum Gasteiger partial charge on any atom is 0.268 e. The second kappa shape index (κ2) is 9.83. The summed E-state index contributed by atoms with van der Waals surface area (Å²) in [6.45, 7) is 7.70. The van der Waals surface area contributed by atoms with E-state index < -0.39 is 15.9 Å². The number of anilines is 4. The quantitative estimate of drug-likeness (QED) is 0.479. The second-order valence-corrected chi connectivity index (χ2v) is 10.8. The molecule has 1 saturated heterocycles. The van der Waals surface area contributed by atoms with Gasteiger partial charge in [-0.15, -0.1) is 6.58 Å². The number of piperazine rings is 1. The Hall–Kier alpha value is -3.96. The zero-order valence-electron chi connectivity index (χ0n) is 20.8. The second-order valence-electron chi connectivity index (χ2n) is 8.97. The Balaban J connectivity index is 1.50. The number of amides is 1. The van der Waals surface area contributed by atoms with Gasteiger partial charge in [0, 0.05) is 50.2 Å². The lowest BCUT2D eigenvalue weighted by atomic mass is 10.0. The molecule has 1 aromatic heterocycles. The van der Waals surface area contributed by atoms with Crippen LogP contribution in [0.1, 0.15) is 10.4 Å². The number of hydrogen-bond donors (Lipinski definition) is 2. The van der Waals surface area contributed by atoms with Gasteiger partial charge in [-0.25, -0.2) is 18.4 Å². The fourth-order valence-corrected chi connectivity index (χ4v) is 6.19. The lowest BCUT2D eigenvalue weighted by Crippen LogP contribution is -2.44. The van der Waals surface area contributed by atoms with E-state index in [1.807, 2.05) is 12.1 Å². The van der Waals surface area contributed by atoms with Crippen molar-refractivity contribution < 1.29 is 13.2 Å². The average molecular weight is 520 g/mol. The van der Waals surface area contributed by atoms with Crippen LogP contribution in [-0.2, 0) is 10.0 Å². The number of fused-ring (bicyclic) bond motifs is 3. The Bertz CT molecular complexity index is 1450. The molecule has 0 atom stereocenters.